The summed E-state index contributed by atoms with van der Waals surface area (Å²) < 4.78 is 13.2. The molecule has 2 N–H and O–H groups in total. The van der Waals surface area contributed by atoms with Gasteiger partial charge in [-0.2, -0.15) is 0 Å². The highest BCUT2D eigenvalue weighted by atomic mass is 16.5. The van der Waals surface area contributed by atoms with Crippen LogP contribution in [0.3, 0.4) is 0 Å². The summed E-state index contributed by atoms with van der Waals surface area (Å²) in [6.45, 7) is 8.71. The number of rotatable bonds is 10. The molecule has 1 aromatic heterocycles. The standard InChI is InChI=1S/C20H30N4O3/c1-17-22-6-8-24(17)7-5-21-14-18-3-2-4-20(13-18)27-16-19(25)15-23-9-11-26-12-10-23/h2-4,6,8,13,19,21,25H,5,7,9-12,14-16H2,1H3. The van der Waals surface area contributed by atoms with Crippen molar-refractivity contribution in [2.45, 2.75) is 26.1 Å². The van der Waals surface area contributed by atoms with E-state index in [1.54, 1.807) is 0 Å². The van der Waals surface area contributed by atoms with Crippen molar-refractivity contribution in [1.29, 1.82) is 0 Å². The van der Waals surface area contributed by atoms with Crippen LogP contribution in [0.2, 0.25) is 0 Å². The Morgan fingerprint density at radius 1 is 1.33 bits per heavy atom. The molecule has 2 aromatic rings. The minimum absolute atomic E-state index is 0.300. The van der Waals surface area contributed by atoms with Crippen molar-refractivity contribution in [3.63, 3.8) is 0 Å². The zero-order valence-electron chi connectivity index (χ0n) is 16.0. The Balaban J connectivity index is 1.37. The maximum absolute atomic E-state index is 10.2. The molecule has 0 radical (unpaired) electrons. The second-order valence-corrected chi connectivity index (χ2v) is 6.87. The van der Waals surface area contributed by atoms with E-state index in [0.717, 1.165) is 63.1 Å². The third-order valence-corrected chi connectivity index (χ3v) is 4.70. The number of benzene rings is 1. The third kappa shape index (κ3) is 6.62. The van der Waals surface area contributed by atoms with Gasteiger partial charge < -0.3 is 24.5 Å². The third-order valence-electron chi connectivity index (χ3n) is 4.70. The largest absolute Gasteiger partial charge is 0.491 e. The summed E-state index contributed by atoms with van der Waals surface area (Å²) in [4.78, 5) is 6.43. The number of nitrogens with one attached hydrogen (secondary N) is 1. The first-order chi connectivity index (χ1) is 13.2. The summed E-state index contributed by atoms with van der Waals surface area (Å²) in [5, 5.41) is 13.6. The molecule has 1 aromatic carbocycles. The Hall–Kier alpha value is -1.93. The predicted octanol–water partition coefficient (Wildman–Crippen LogP) is 1.05. The lowest BCUT2D eigenvalue weighted by Crippen LogP contribution is -2.42. The van der Waals surface area contributed by atoms with Crippen LogP contribution in [0.4, 0.5) is 0 Å². The van der Waals surface area contributed by atoms with Crippen LogP contribution in [-0.4, -0.2) is 71.7 Å². The number of aliphatic hydroxyl groups excluding tert-OH is 1. The van der Waals surface area contributed by atoms with Crippen molar-refractivity contribution >= 4 is 0 Å². The lowest BCUT2D eigenvalue weighted by atomic mass is 10.2. The van der Waals surface area contributed by atoms with Gasteiger partial charge in [-0.25, -0.2) is 4.98 Å². The SMILES string of the molecule is Cc1nccn1CCNCc1cccc(OCC(O)CN2CCOCC2)c1. The first-order valence-corrected chi connectivity index (χ1v) is 9.59. The van der Waals surface area contributed by atoms with Crippen LogP contribution >= 0.6 is 0 Å². The van der Waals surface area contributed by atoms with Gasteiger partial charge in [0.05, 0.1) is 13.2 Å². The minimum atomic E-state index is -0.497. The minimum Gasteiger partial charge on any atom is -0.491 e. The Morgan fingerprint density at radius 3 is 2.96 bits per heavy atom. The van der Waals surface area contributed by atoms with E-state index in [2.05, 4.69) is 25.8 Å². The van der Waals surface area contributed by atoms with Crippen molar-refractivity contribution in [1.82, 2.24) is 19.8 Å². The van der Waals surface area contributed by atoms with E-state index in [9.17, 15) is 5.11 Å². The Kier molecular flexibility index (Phi) is 7.65. The molecule has 2 heterocycles. The van der Waals surface area contributed by atoms with Crippen molar-refractivity contribution in [2.24, 2.45) is 0 Å². The van der Waals surface area contributed by atoms with Crippen molar-refractivity contribution < 1.29 is 14.6 Å². The van der Waals surface area contributed by atoms with Crippen molar-refractivity contribution in [2.75, 3.05) is 46.0 Å². The number of imidazole rings is 1. The molecule has 0 bridgehead atoms. The first kappa shape index (κ1) is 19.8. The number of morpholine rings is 1. The molecule has 148 valence electrons. The van der Waals surface area contributed by atoms with Crippen LogP contribution in [-0.2, 0) is 17.8 Å². The number of aryl methyl sites for hydroxylation is 1. The van der Waals surface area contributed by atoms with E-state index in [0.29, 0.717) is 13.2 Å². The second-order valence-electron chi connectivity index (χ2n) is 6.87. The van der Waals surface area contributed by atoms with Gasteiger partial charge in [0, 0.05) is 51.7 Å². The number of β-amino-alcohol motifs (C(OH)–C–C–N with tert-alkyl or cyclic N) is 1. The predicted molar refractivity (Wildman–Crippen MR) is 104 cm³/mol. The van der Waals surface area contributed by atoms with Gasteiger partial charge in [0.25, 0.3) is 0 Å². The van der Waals surface area contributed by atoms with Crippen LogP contribution in [0.1, 0.15) is 11.4 Å². The summed E-state index contributed by atoms with van der Waals surface area (Å²) in [7, 11) is 0. The first-order valence-electron chi connectivity index (χ1n) is 9.59. The Morgan fingerprint density at radius 2 is 2.19 bits per heavy atom. The van der Waals surface area contributed by atoms with Crippen molar-refractivity contribution in [3.8, 4) is 5.75 Å². The number of aromatic nitrogens is 2. The van der Waals surface area contributed by atoms with Gasteiger partial charge in [-0.3, -0.25) is 4.90 Å². The van der Waals surface area contributed by atoms with Crippen molar-refractivity contribution in [3.05, 3.63) is 48.0 Å². The average Bonchev–Trinajstić information content (AvgIpc) is 3.10. The fourth-order valence-electron chi connectivity index (χ4n) is 3.14. The molecular formula is C20H30N4O3. The summed E-state index contributed by atoms with van der Waals surface area (Å²) >= 11 is 0. The lowest BCUT2D eigenvalue weighted by Gasteiger charge is -2.28. The monoisotopic (exact) mass is 374 g/mol. The molecule has 27 heavy (non-hydrogen) atoms. The zero-order chi connectivity index (χ0) is 18.9. The van der Waals surface area contributed by atoms with E-state index in [-0.39, 0.29) is 0 Å². The highest BCUT2D eigenvalue weighted by Gasteiger charge is 2.15. The fraction of sp³-hybridized carbons (Fsp3) is 0.550. The molecule has 3 rings (SSSR count). The molecule has 1 aliphatic heterocycles. The molecule has 0 spiro atoms. The number of ether oxygens (including phenoxy) is 2. The molecular weight excluding hydrogens is 344 g/mol. The van der Waals surface area contributed by atoms with E-state index < -0.39 is 6.10 Å². The van der Waals surface area contributed by atoms with E-state index >= 15 is 0 Å². The van der Waals surface area contributed by atoms with Crippen LogP contribution in [0.5, 0.6) is 5.75 Å². The molecule has 1 saturated heterocycles. The number of hydrogen-bond acceptors (Lipinski definition) is 6. The molecule has 7 nitrogen and oxygen atoms in total. The van der Waals surface area contributed by atoms with Gasteiger partial charge in [-0.15, -0.1) is 0 Å². The highest BCUT2D eigenvalue weighted by molar-refractivity contribution is 5.28. The molecule has 7 heteroatoms. The van der Waals surface area contributed by atoms with Gasteiger partial charge >= 0.3 is 0 Å². The Labute approximate surface area is 160 Å². The summed E-state index contributed by atoms with van der Waals surface area (Å²) in [5.74, 6) is 1.82. The van der Waals surface area contributed by atoms with E-state index in [1.807, 2.05) is 37.5 Å². The normalized spacial score (nSPS) is 16.4. The molecule has 1 unspecified atom stereocenters. The summed E-state index contributed by atoms with van der Waals surface area (Å²) in [6.07, 6.45) is 3.32. The van der Waals surface area contributed by atoms with Gasteiger partial charge in [-0.1, -0.05) is 12.1 Å². The fourth-order valence-corrected chi connectivity index (χ4v) is 3.14. The number of aliphatic hydroxyl groups is 1. The molecule has 0 aliphatic carbocycles. The zero-order valence-corrected chi connectivity index (χ0v) is 16.0. The Bertz CT molecular complexity index is 685. The molecule has 1 fully saturated rings. The maximum atomic E-state index is 10.2. The molecule has 0 saturated carbocycles. The smallest absolute Gasteiger partial charge is 0.119 e. The van der Waals surface area contributed by atoms with Crippen LogP contribution < -0.4 is 10.1 Å². The molecule has 1 aliphatic rings. The van der Waals surface area contributed by atoms with Crippen LogP contribution in [0, 0.1) is 6.92 Å². The van der Waals surface area contributed by atoms with Crippen LogP contribution in [0.25, 0.3) is 0 Å². The van der Waals surface area contributed by atoms with Gasteiger partial charge in [-0.05, 0) is 24.6 Å². The highest BCUT2D eigenvalue weighted by Crippen LogP contribution is 2.14. The quantitative estimate of drug-likeness (QED) is 0.606. The molecule has 0 amide bonds. The summed E-state index contributed by atoms with van der Waals surface area (Å²) in [6, 6.07) is 8.02. The van der Waals surface area contributed by atoms with Gasteiger partial charge in [0.15, 0.2) is 0 Å². The average molecular weight is 374 g/mol. The topological polar surface area (TPSA) is 71.8 Å². The maximum Gasteiger partial charge on any atom is 0.119 e. The van der Waals surface area contributed by atoms with Gasteiger partial charge in [0.1, 0.15) is 24.3 Å². The van der Waals surface area contributed by atoms with Crippen LogP contribution in [0.15, 0.2) is 36.7 Å². The second kappa shape index (κ2) is 10.4. The lowest BCUT2D eigenvalue weighted by molar-refractivity contribution is 0.00465. The molecule has 1 atom stereocenters. The van der Waals surface area contributed by atoms with E-state index in [1.165, 1.54) is 0 Å². The number of nitrogens with zero attached hydrogens (tertiary/aromatic N) is 3. The van der Waals surface area contributed by atoms with E-state index in [4.69, 9.17) is 9.47 Å². The van der Waals surface area contributed by atoms with Gasteiger partial charge in [0.2, 0.25) is 0 Å². The number of hydrogen-bond donors (Lipinski definition) is 2. The summed E-state index contributed by atoms with van der Waals surface area (Å²) in [5.41, 5.74) is 1.16.